The minimum absolute atomic E-state index is 0.0642. The van der Waals surface area contributed by atoms with E-state index >= 15 is 0 Å². The van der Waals surface area contributed by atoms with Gasteiger partial charge in [0.1, 0.15) is 6.61 Å². The first kappa shape index (κ1) is 15.3. The van der Waals surface area contributed by atoms with E-state index in [4.69, 9.17) is 4.74 Å². The zero-order valence-corrected chi connectivity index (χ0v) is 11.6. The van der Waals surface area contributed by atoms with E-state index in [2.05, 4.69) is 5.32 Å². The van der Waals surface area contributed by atoms with Crippen LogP contribution in [0.15, 0.2) is 48.5 Å². The smallest absolute Gasteiger partial charge is 0.407 e. The molecule has 0 aliphatic rings. The molecule has 1 amide bonds. The van der Waals surface area contributed by atoms with Crippen molar-refractivity contribution in [3.05, 3.63) is 69.8 Å². The Morgan fingerprint density at radius 2 is 1.91 bits per heavy atom. The molecule has 0 heterocycles. The molecule has 2 N–H and O–H groups in total. The van der Waals surface area contributed by atoms with Gasteiger partial charge in [0.2, 0.25) is 0 Å². The number of phenols is 1. The second-order valence-corrected chi connectivity index (χ2v) is 4.50. The maximum Gasteiger partial charge on any atom is 0.407 e. The highest BCUT2D eigenvalue weighted by Gasteiger charge is 2.14. The molecule has 0 spiro atoms. The van der Waals surface area contributed by atoms with Crippen molar-refractivity contribution in [1.29, 1.82) is 0 Å². The number of alkyl carbamates (subject to hydrolysis) is 1. The van der Waals surface area contributed by atoms with Gasteiger partial charge in [-0.05, 0) is 17.2 Å². The van der Waals surface area contributed by atoms with Crippen LogP contribution in [0.1, 0.15) is 11.1 Å². The van der Waals surface area contributed by atoms with Crippen LogP contribution in [0.3, 0.4) is 0 Å². The first-order valence-corrected chi connectivity index (χ1v) is 6.47. The summed E-state index contributed by atoms with van der Waals surface area (Å²) in [5.41, 5.74) is 0.941. The Kier molecular flexibility index (Phi) is 4.92. The molecule has 0 saturated carbocycles. The molecule has 0 radical (unpaired) electrons. The van der Waals surface area contributed by atoms with Gasteiger partial charge in [-0.2, -0.15) is 0 Å². The van der Waals surface area contributed by atoms with Crippen LogP contribution >= 0.6 is 0 Å². The number of phenolic OH excluding ortho intramolecular Hbond substituents is 1. The normalized spacial score (nSPS) is 10.0. The van der Waals surface area contributed by atoms with E-state index in [1.807, 2.05) is 30.3 Å². The Bertz CT molecular complexity index is 673. The van der Waals surface area contributed by atoms with Crippen molar-refractivity contribution in [3.8, 4) is 5.75 Å². The van der Waals surface area contributed by atoms with E-state index < -0.39 is 22.5 Å². The number of aromatic hydroxyl groups is 1. The van der Waals surface area contributed by atoms with Crippen LogP contribution in [-0.4, -0.2) is 16.1 Å². The van der Waals surface area contributed by atoms with Gasteiger partial charge in [-0.25, -0.2) is 4.79 Å². The molecule has 0 aliphatic heterocycles. The first-order valence-electron chi connectivity index (χ1n) is 6.47. The molecule has 0 unspecified atom stereocenters. The van der Waals surface area contributed by atoms with Crippen LogP contribution in [0.5, 0.6) is 5.75 Å². The monoisotopic (exact) mass is 302 g/mol. The molecule has 7 heteroatoms. The molecule has 0 aliphatic carbocycles. The fraction of sp³-hybridized carbons (Fsp3) is 0.133. The lowest BCUT2D eigenvalue weighted by Crippen LogP contribution is -2.23. The maximum atomic E-state index is 11.6. The number of nitro groups is 1. The number of benzene rings is 2. The number of nitrogens with one attached hydrogen (secondary N) is 1. The summed E-state index contributed by atoms with van der Waals surface area (Å²) in [6.07, 6.45) is -0.625. The zero-order valence-electron chi connectivity index (χ0n) is 11.6. The van der Waals surface area contributed by atoms with Gasteiger partial charge in [-0.15, -0.1) is 0 Å². The molecule has 2 aromatic carbocycles. The van der Waals surface area contributed by atoms with Gasteiger partial charge in [-0.1, -0.05) is 36.4 Å². The van der Waals surface area contributed by atoms with Gasteiger partial charge >= 0.3 is 11.8 Å². The number of hydrogen-bond acceptors (Lipinski definition) is 5. The van der Waals surface area contributed by atoms with Gasteiger partial charge in [0.15, 0.2) is 5.75 Å². The number of nitro benzene ring substituents is 1. The third-order valence-electron chi connectivity index (χ3n) is 2.89. The Labute approximate surface area is 126 Å². The minimum Gasteiger partial charge on any atom is -0.502 e. The summed E-state index contributed by atoms with van der Waals surface area (Å²) < 4.78 is 5.02. The fourth-order valence-corrected chi connectivity index (χ4v) is 1.77. The first-order chi connectivity index (χ1) is 10.6. The van der Waals surface area contributed by atoms with Crippen LogP contribution in [0.2, 0.25) is 0 Å². The van der Waals surface area contributed by atoms with Crippen molar-refractivity contribution in [2.24, 2.45) is 0 Å². The Hall–Kier alpha value is -3.09. The van der Waals surface area contributed by atoms with Crippen molar-refractivity contribution in [2.45, 2.75) is 13.2 Å². The van der Waals surface area contributed by atoms with Gasteiger partial charge in [0, 0.05) is 12.6 Å². The second-order valence-electron chi connectivity index (χ2n) is 4.50. The summed E-state index contributed by atoms with van der Waals surface area (Å²) >= 11 is 0. The number of hydrogen-bond donors (Lipinski definition) is 2. The molecule has 7 nitrogen and oxygen atoms in total. The predicted molar refractivity (Wildman–Crippen MR) is 78.2 cm³/mol. The summed E-state index contributed by atoms with van der Waals surface area (Å²) in [7, 11) is 0. The summed E-state index contributed by atoms with van der Waals surface area (Å²) in [5.74, 6) is -0.416. The third-order valence-corrected chi connectivity index (χ3v) is 2.89. The average molecular weight is 302 g/mol. The highest BCUT2D eigenvalue weighted by molar-refractivity contribution is 5.67. The zero-order chi connectivity index (χ0) is 15.9. The van der Waals surface area contributed by atoms with E-state index in [-0.39, 0.29) is 13.2 Å². The molecular formula is C15H14N2O5. The number of amides is 1. The van der Waals surface area contributed by atoms with E-state index in [1.165, 1.54) is 18.2 Å². The van der Waals surface area contributed by atoms with Crippen LogP contribution < -0.4 is 5.32 Å². The van der Waals surface area contributed by atoms with Gasteiger partial charge in [-0.3, -0.25) is 10.1 Å². The predicted octanol–water partition coefficient (Wildman–Crippen LogP) is 2.73. The van der Waals surface area contributed by atoms with E-state index in [0.717, 1.165) is 5.56 Å². The lowest BCUT2D eigenvalue weighted by molar-refractivity contribution is -0.385. The van der Waals surface area contributed by atoms with Crippen molar-refractivity contribution >= 4 is 11.8 Å². The van der Waals surface area contributed by atoms with Crippen LogP contribution in [0, 0.1) is 10.1 Å². The molecular weight excluding hydrogens is 288 g/mol. The van der Waals surface area contributed by atoms with Gasteiger partial charge < -0.3 is 15.2 Å². The molecule has 0 fully saturated rings. The number of carbonyl (C=O) groups is 1. The fourth-order valence-electron chi connectivity index (χ4n) is 1.77. The Morgan fingerprint density at radius 3 is 2.59 bits per heavy atom. The molecule has 0 bridgehead atoms. The van der Waals surface area contributed by atoms with E-state index in [1.54, 1.807) is 0 Å². The number of carbonyl (C=O) groups excluding carboxylic acids is 1. The topological polar surface area (TPSA) is 102 Å². The molecule has 0 atom stereocenters. The quantitative estimate of drug-likeness (QED) is 0.653. The number of nitrogens with zero attached hydrogens (tertiary/aromatic N) is 1. The largest absolute Gasteiger partial charge is 0.502 e. The number of ether oxygens (including phenoxy) is 1. The molecule has 22 heavy (non-hydrogen) atoms. The standard InChI is InChI=1S/C15H14N2O5/c18-14-7-6-12(8-13(14)17(20)21)9-16-15(19)22-10-11-4-2-1-3-5-11/h1-8,18H,9-10H2,(H,16,19). The van der Waals surface area contributed by atoms with Gasteiger partial charge in [0.05, 0.1) is 4.92 Å². The lowest BCUT2D eigenvalue weighted by Gasteiger charge is -2.07. The molecule has 2 rings (SSSR count). The lowest BCUT2D eigenvalue weighted by atomic mass is 10.2. The number of rotatable bonds is 5. The Morgan fingerprint density at radius 1 is 1.18 bits per heavy atom. The summed E-state index contributed by atoms with van der Waals surface area (Å²) in [4.78, 5) is 21.6. The molecule has 0 saturated heterocycles. The summed E-state index contributed by atoms with van der Waals surface area (Å²) in [5, 5.41) is 22.5. The maximum absolute atomic E-state index is 11.6. The molecule has 0 aromatic heterocycles. The SMILES string of the molecule is O=C(NCc1ccc(O)c([N+](=O)[O-])c1)OCc1ccccc1. The minimum atomic E-state index is -0.688. The van der Waals surface area contributed by atoms with Crippen molar-refractivity contribution in [1.82, 2.24) is 5.32 Å². The molecule has 114 valence electrons. The van der Waals surface area contributed by atoms with Crippen molar-refractivity contribution in [2.75, 3.05) is 0 Å². The van der Waals surface area contributed by atoms with Crippen molar-refractivity contribution in [3.63, 3.8) is 0 Å². The van der Waals surface area contributed by atoms with Crippen molar-refractivity contribution < 1.29 is 19.6 Å². The highest BCUT2D eigenvalue weighted by Crippen LogP contribution is 2.26. The van der Waals surface area contributed by atoms with Crippen LogP contribution in [-0.2, 0) is 17.9 Å². The highest BCUT2D eigenvalue weighted by atomic mass is 16.6. The van der Waals surface area contributed by atoms with Crippen LogP contribution in [0.25, 0.3) is 0 Å². The molecule has 2 aromatic rings. The third kappa shape index (κ3) is 4.20. The summed E-state index contributed by atoms with van der Waals surface area (Å²) in [6, 6.07) is 13.1. The van der Waals surface area contributed by atoms with Crippen LogP contribution in [0.4, 0.5) is 10.5 Å². The van der Waals surface area contributed by atoms with E-state index in [9.17, 15) is 20.0 Å². The average Bonchev–Trinajstić information content (AvgIpc) is 2.53. The van der Waals surface area contributed by atoms with E-state index in [0.29, 0.717) is 5.56 Å². The Balaban J connectivity index is 1.86. The summed E-state index contributed by atoms with van der Waals surface area (Å²) in [6.45, 7) is 0.205. The second kappa shape index (κ2) is 7.07. The van der Waals surface area contributed by atoms with Gasteiger partial charge in [0.25, 0.3) is 0 Å².